The second kappa shape index (κ2) is 10.2. The number of carbonyl (C=O) groups excluding carboxylic acids is 1. The van der Waals surface area contributed by atoms with Crippen LogP contribution in [0, 0.1) is 11.3 Å². The lowest BCUT2D eigenvalue weighted by atomic mass is 9.81. The number of rotatable bonds is 11. The minimum atomic E-state index is -0.202. The molecule has 0 bridgehead atoms. The van der Waals surface area contributed by atoms with Gasteiger partial charge in [0.15, 0.2) is 0 Å². The van der Waals surface area contributed by atoms with E-state index in [1.165, 1.54) is 0 Å². The van der Waals surface area contributed by atoms with Crippen molar-refractivity contribution in [3.63, 3.8) is 0 Å². The molecule has 3 nitrogen and oxygen atoms in total. The fraction of sp³-hybridized carbons (Fsp3) is 0.941. The SMILES string of the molecule is CCCCC(CC)C(=O)OOC(CC)C(C)(C)CCC. The van der Waals surface area contributed by atoms with E-state index in [2.05, 4.69) is 34.6 Å². The van der Waals surface area contributed by atoms with Gasteiger partial charge in [0.05, 0.1) is 5.92 Å². The van der Waals surface area contributed by atoms with Gasteiger partial charge in [-0.25, -0.2) is 4.79 Å². The molecule has 0 radical (unpaired) electrons. The first-order valence-corrected chi connectivity index (χ1v) is 8.29. The minimum absolute atomic E-state index is 0.0262. The second-order valence-corrected chi connectivity index (χ2v) is 6.38. The molecule has 0 saturated carbocycles. The van der Waals surface area contributed by atoms with Crippen molar-refractivity contribution >= 4 is 5.97 Å². The van der Waals surface area contributed by atoms with Crippen molar-refractivity contribution in [3.05, 3.63) is 0 Å². The average Bonchev–Trinajstić information content (AvgIpc) is 2.39. The third-order valence-corrected chi connectivity index (χ3v) is 4.12. The van der Waals surface area contributed by atoms with E-state index in [1.807, 2.05) is 6.92 Å². The van der Waals surface area contributed by atoms with Gasteiger partial charge >= 0.3 is 5.97 Å². The van der Waals surface area contributed by atoms with E-state index in [-0.39, 0.29) is 23.4 Å². The number of carbonyl (C=O) groups is 1. The fourth-order valence-electron chi connectivity index (χ4n) is 2.67. The second-order valence-electron chi connectivity index (χ2n) is 6.38. The van der Waals surface area contributed by atoms with Crippen molar-refractivity contribution in [1.29, 1.82) is 0 Å². The third kappa shape index (κ3) is 6.74. The Bertz CT molecular complexity index is 261. The van der Waals surface area contributed by atoms with E-state index in [9.17, 15) is 4.79 Å². The van der Waals surface area contributed by atoms with E-state index < -0.39 is 0 Å². The quantitative estimate of drug-likeness (QED) is 0.383. The van der Waals surface area contributed by atoms with Gasteiger partial charge in [-0.3, -0.25) is 4.89 Å². The summed E-state index contributed by atoms with van der Waals surface area (Å²) in [5.74, 6) is -0.228. The molecule has 2 atom stereocenters. The lowest BCUT2D eigenvalue weighted by molar-refractivity contribution is -0.319. The maximum Gasteiger partial charge on any atom is 0.345 e. The smallest absolute Gasteiger partial charge is 0.298 e. The normalized spacial score (nSPS) is 14.9. The highest BCUT2D eigenvalue weighted by atomic mass is 17.2. The molecular weight excluding hydrogens is 252 g/mol. The molecule has 0 N–H and O–H groups in total. The fourth-order valence-corrected chi connectivity index (χ4v) is 2.67. The molecule has 120 valence electrons. The zero-order chi connectivity index (χ0) is 15.6. The summed E-state index contributed by atoms with van der Waals surface area (Å²) in [5, 5.41) is 0. The van der Waals surface area contributed by atoms with Gasteiger partial charge in [0.2, 0.25) is 0 Å². The number of unbranched alkanes of at least 4 members (excludes halogenated alkanes) is 1. The summed E-state index contributed by atoms with van der Waals surface area (Å²) in [5.41, 5.74) is 0.0366. The molecule has 0 heterocycles. The first-order valence-electron chi connectivity index (χ1n) is 8.29. The van der Waals surface area contributed by atoms with Crippen molar-refractivity contribution in [1.82, 2.24) is 0 Å². The Labute approximate surface area is 125 Å². The summed E-state index contributed by atoms with van der Waals surface area (Å²) in [6.45, 7) is 12.7. The number of hydrogen-bond donors (Lipinski definition) is 0. The Balaban J connectivity index is 4.37. The van der Waals surface area contributed by atoms with Crippen molar-refractivity contribution in [3.8, 4) is 0 Å². The van der Waals surface area contributed by atoms with Gasteiger partial charge in [-0.05, 0) is 31.1 Å². The summed E-state index contributed by atoms with van der Waals surface area (Å²) in [6.07, 6.45) is 6.87. The molecule has 20 heavy (non-hydrogen) atoms. The third-order valence-electron chi connectivity index (χ3n) is 4.12. The van der Waals surface area contributed by atoms with E-state index >= 15 is 0 Å². The van der Waals surface area contributed by atoms with Crippen LogP contribution in [0.15, 0.2) is 0 Å². The summed E-state index contributed by atoms with van der Waals surface area (Å²) in [6, 6.07) is 0. The highest BCUT2D eigenvalue weighted by Crippen LogP contribution is 2.31. The monoisotopic (exact) mass is 286 g/mol. The molecule has 0 aliphatic heterocycles. The van der Waals surface area contributed by atoms with Crippen LogP contribution in [0.5, 0.6) is 0 Å². The molecule has 0 fully saturated rings. The largest absolute Gasteiger partial charge is 0.345 e. The van der Waals surface area contributed by atoms with Crippen molar-refractivity contribution < 1.29 is 14.6 Å². The molecule has 0 aromatic carbocycles. The Hall–Kier alpha value is -0.570. The lowest BCUT2D eigenvalue weighted by Crippen LogP contribution is -2.33. The molecule has 0 aromatic heterocycles. The van der Waals surface area contributed by atoms with Gasteiger partial charge in [-0.15, -0.1) is 0 Å². The first kappa shape index (κ1) is 19.4. The van der Waals surface area contributed by atoms with Crippen LogP contribution >= 0.6 is 0 Å². The van der Waals surface area contributed by atoms with Gasteiger partial charge < -0.3 is 0 Å². The Kier molecular flexibility index (Phi) is 9.91. The van der Waals surface area contributed by atoms with Crippen LogP contribution in [-0.4, -0.2) is 12.1 Å². The molecule has 0 amide bonds. The van der Waals surface area contributed by atoms with Crippen molar-refractivity contribution in [2.45, 2.75) is 92.6 Å². The average molecular weight is 286 g/mol. The zero-order valence-corrected chi connectivity index (χ0v) is 14.3. The standard InChI is InChI=1S/C17H34O3/c1-7-11-12-14(9-3)16(18)20-19-15(10-4)17(5,6)13-8-2/h14-15H,7-13H2,1-6H3. The summed E-state index contributed by atoms with van der Waals surface area (Å²) >= 11 is 0. The summed E-state index contributed by atoms with van der Waals surface area (Å²) in [7, 11) is 0. The molecule has 0 spiro atoms. The Morgan fingerprint density at radius 3 is 2.15 bits per heavy atom. The molecule has 0 aliphatic carbocycles. The van der Waals surface area contributed by atoms with Crippen LogP contribution in [0.4, 0.5) is 0 Å². The minimum Gasteiger partial charge on any atom is -0.298 e. The summed E-state index contributed by atoms with van der Waals surface area (Å²) in [4.78, 5) is 22.7. The summed E-state index contributed by atoms with van der Waals surface area (Å²) < 4.78 is 0. The van der Waals surface area contributed by atoms with Crippen LogP contribution in [0.1, 0.15) is 86.5 Å². The highest BCUT2D eigenvalue weighted by Gasteiger charge is 2.31. The van der Waals surface area contributed by atoms with Gasteiger partial charge in [0.1, 0.15) is 6.10 Å². The van der Waals surface area contributed by atoms with Gasteiger partial charge in [-0.2, -0.15) is 4.89 Å². The zero-order valence-electron chi connectivity index (χ0n) is 14.3. The molecular formula is C17H34O3. The van der Waals surface area contributed by atoms with E-state index in [0.29, 0.717) is 0 Å². The van der Waals surface area contributed by atoms with Crippen LogP contribution in [0.25, 0.3) is 0 Å². The molecule has 0 saturated heterocycles. The van der Waals surface area contributed by atoms with Crippen LogP contribution in [-0.2, 0) is 14.6 Å². The first-order chi connectivity index (χ1) is 9.42. The van der Waals surface area contributed by atoms with Gasteiger partial charge in [0.25, 0.3) is 0 Å². The van der Waals surface area contributed by atoms with Crippen LogP contribution in [0.3, 0.4) is 0 Å². The Morgan fingerprint density at radius 1 is 1.05 bits per heavy atom. The predicted octanol–water partition coefficient (Wildman–Crippen LogP) is 5.28. The van der Waals surface area contributed by atoms with Crippen molar-refractivity contribution in [2.24, 2.45) is 11.3 Å². The van der Waals surface area contributed by atoms with Gasteiger partial charge in [-0.1, -0.05) is 60.8 Å². The van der Waals surface area contributed by atoms with Crippen molar-refractivity contribution in [2.75, 3.05) is 0 Å². The maximum absolute atomic E-state index is 12.0. The van der Waals surface area contributed by atoms with Crippen LogP contribution < -0.4 is 0 Å². The maximum atomic E-state index is 12.0. The van der Waals surface area contributed by atoms with Gasteiger partial charge in [0, 0.05) is 0 Å². The number of hydrogen-bond acceptors (Lipinski definition) is 3. The van der Waals surface area contributed by atoms with E-state index in [1.54, 1.807) is 0 Å². The van der Waals surface area contributed by atoms with E-state index in [4.69, 9.17) is 9.78 Å². The predicted molar refractivity (Wildman–Crippen MR) is 83.3 cm³/mol. The lowest BCUT2D eigenvalue weighted by Gasteiger charge is -2.32. The van der Waals surface area contributed by atoms with E-state index in [0.717, 1.165) is 44.9 Å². The molecule has 0 aromatic rings. The molecule has 0 rings (SSSR count). The topological polar surface area (TPSA) is 35.5 Å². The molecule has 0 aliphatic rings. The van der Waals surface area contributed by atoms with Crippen LogP contribution in [0.2, 0.25) is 0 Å². The molecule has 2 unspecified atom stereocenters. The Morgan fingerprint density at radius 2 is 1.70 bits per heavy atom. The molecule has 3 heteroatoms. The highest BCUT2D eigenvalue weighted by molar-refractivity contribution is 5.71.